The van der Waals surface area contributed by atoms with Crippen LogP contribution in [0.3, 0.4) is 0 Å². The summed E-state index contributed by atoms with van der Waals surface area (Å²) in [6.45, 7) is 1.56. The maximum absolute atomic E-state index is 12.4. The van der Waals surface area contributed by atoms with Gasteiger partial charge in [0.05, 0.1) is 18.6 Å². The minimum absolute atomic E-state index is 0.117. The number of hydrogen-bond acceptors (Lipinski definition) is 4. The van der Waals surface area contributed by atoms with Crippen LogP contribution in [0.25, 0.3) is 0 Å². The topological polar surface area (TPSA) is 84.5 Å². The Morgan fingerprint density at radius 3 is 2.77 bits per heavy atom. The third-order valence-corrected chi connectivity index (χ3v) is 3.52. The van der Waals surface area contributed by atoms with Crippen LogP contribution >= 0.6 is 11.6 Å². The van der Waals surface area contributed by atoms with Crippen molar-refractivity contribution in [2.45, 2.75) is 13.3 Å². The van der Waals surface area contributed by atoms with Gasteiger partial charge in [0, 0.05) is 22.8 Å². The second-order valence-corrected chi connectivity index (χ2v) is 5.27. The molecule has 0 aliphatic carbocycles. The summed E-state index contributed by atoms with van der Waals surface area (Å²) in [5.74, 6) is -2.32. The number of nitrogens with one attached hydrogen (secondary N) is 2. The number of carbonyl (C=O) groups is 3. The number of amides is 2. The number of allylic oxidation sites excluding steroid dienone is 1. The number of anilines is 1. The second kappa shape index (κ2) is 6.62. The van der Waals surface area contributed by atoms with Gasteiger partial charge in [0.1, 0.15) is 0 Å². The van der Waals surface area contributed by atoms with Crippen LogP contribution in [0.2, 0.25) is 5.02 Å². The number of halogens is 1. The highest BCUT2D eigenvalue weighted by atomic mass is 35.5. The van der Waals surface area contributed by atoms with Gasteiger partial charge < -0.3 is 15.4 Å². The first kappa shape index (κ1) is 16.0. The van der Waals surface area contributed by atoms with Gasteiger partial charge in [-0.15, -0.1) is 0 Å². The fraction of sp³-hybridized carbons (Fsp3) is 0.267. The molecule has 116 valence electrons. The Bertz CT molecular complexity index is 669. The minimum atomic E-state index is -0.903. The van der Waals surface area contributed by atoms with E-state index >= 15 is 0 Å². The SMILES string of the molecule is COC(=O)C1=C(C)NC(=O)C[C@H]1C(=O)Nc1cccc(Cl)c1. The number of ether oxygens (including phenoxy) is 1. The van der Waals surface area contributed by atoms with Crippen molar-refractivity contribution in [2.24, 2.45) is 5.92 Å². The molecule has 22 heavy (non-hydrogen) atoms. The molecule has 0 bridgehead atoms. The van der Waals surface area contributed by atoms with Gasteiger partial charge in [-0.2, -0.15) is 0 Å². The quantitative estimate of drug-likeness (QED) is 0.832. The third kappa shape index (κ3) is 3.46. The van der Waals surface area contributed by atoms with E-state index in [1.807, 2.05) is 0 Å². The molecule has 1 heterocycles. The molecular formula is C15H15ClN2O4. The van der Waals surface area contributed by atoms with E-state index in [4.69, 9.17) is 16.3 Å². The Kier molecular flexibility index (Phi) is 4.82. The van der Waals surface area contributed by atoms with Gasteiger partial charge in [0.2, 0.25) is 11.8 Å². The Hall–Kier alpha value is -2.34. The van der Waals surface area contributed by atoms with Crippen molar-refractivity contribution in [3.8, 4) is 0 Å². The molecule has 0 saturated heterocycles. The summed E-state index contributed by atoms with van der Waals surface area (Å²) in [5.41, 5.74) is 0.973. The zero-order valence-corrected chi connectivity index (χ0v) is 12.9. The molecule has 0 radical (unpaired) electrons. The van der Waals surface area contributed by atoms with Crippen molar-refractivity contribution in [1.82, 2.24) is 5.32 Å². The summed E-state index contributed by atoms with van der Waals surface area (Å²) >= 11 is 5.86. The van der Waals surface area contributed by atoms with Crippen LogP contribution in [0.5, 0.6) is 0 Å². The Morgan fingerprint density at radius 2 is 2.14 bits per heavy atom. The van der Waals surface area contributed by atoms with Gasteiger partial charge in [0.25, 0.3) is 0 Å². The molecule has 2 amide bonds. The van der Waals surface area contributed by atoms with Crippen LogP contribution in [0.1, 0.15) is 13.3 Å². The van der Waals surface area contributed by atoms with Crippen LogP contribution < -0.4 is 10.6 Å². The fourth-order valence-corrected chi connectivity index (χ4v) is 2.49. The molecule has 7 heteroatoms. The van der Waals surface area contributed by atoms with Gasteiger partial charge >= 0.3 is 5.97 Å². The second-order valence-electron chi connectivity index (χ2n) is 4.83. The first-order chi connectivity index (χ1) is 10.4. The fourth-order valence-electron chi connectivity index (χ4n) is 2.30. The molecule has 0 unspecified atom stereocenters. The smallest absolute Gasteiger partial charge is 0.336 e. The highest BCUT2D eigenvalue weighted by Gasteiger charge is 2.36. The van der Waals surface area contributed by atoms with Crippen LogP contribution in [-0.4, -0.2) is 24.9 Å². The molecule has 1 atom stereocenters. The lowest BCUT2D eigenvalue weighted by Crippen LogP contribution is -2.40. The lowest BCUT2D eigenvalue weighted by atomic mass is 9.89. The van der Waals surface area contributed by atoms with Crippen LogP contribution in [0, 0.1) is 5.92 Å². The summed E-state index contributed by atoms with van der Waals surface area (Å²) in [5, 5.41) is 5.67. The van der Waals surface area contributed by atoms with E-state index in [2.05, 4.69) is 10.6 Å². The monoisotopic (exact) mass is 322 g/mol. The molecule has 0 spiro atoms. The van der Waals surface area contributed by atoms with Crippen molar-refractivity contribution in [3.05, 3.63) is 40.6 Å². The molecule has 1 aromatic carbocycles. The molecule has 0 aromatic heterocycles. The lowest BCUT2D eigenvalue weighted by Gasteiger charge is -2.25. The van der Waals surface area contributed by atoms with Crippen molar-refractivity contribution in [2.75, 3.05) is 12.4 Å². The Labute approximate surface area is 132 Å². The lowest BCUT2D eigenvalue weighted by molar-refractivity contribution is -0.139. The summed E-state index contributed by atoms with van der Waals surface area (Å²) in [6.07, 6.45) is -0.117. The van der Waals surface area contributed by atoms with E-state index in [-0.39, 0.29) is 17.9 Å². The Morgan fingerprint density at radius 1 is 1.41 bits per heavy atom. The van der Waals surface area contributed by atoms with E-state index in [0.717, 1.165) is 0 Å². The van der Waals surface area contributed by atoms with E-state index in [0.29, 0.717) is 16.4 Å². The average Bonchev–Trinajstić information content (AvgIpc) is 2.45. The van der Waals surface area contributed by atoms with Crippen LogP contribution in [-0.2, 0) is 19.1 Å². The van der Waals surface area contributed by atoms with E-state index < -0.39 is 17.8 Å². The highest BCUT2D eigenvalue weighted by molar-refractivity contribution is 6.30. The first-order valence-electron chi connectivity index (χ1n) is 6.57. The number of rotatable bonds is 3. The number of benzene rings is 1. The summed E-state index contributed by atoms with van der Waals surface area (Å²) in [7, 11) is 1.23. The van der Waals surface area contributed by atoms with Gasteiger partial charge in [0.15, 0.2) is 0 Å². The zero-order valence-electron chi connectivity index (χ0n) is 12.1. The largest absolute Gasteiger partial charge is 0.466 e. The molecular weight excluding hydrogens is 308 g/mol. The number of methoxy groups -OCH3 is 1. The number of esters is 1. The molecule has 1 aliphatic heterocycles. The minimum Gasteiger partial charge on any atom is -0.466 e. The van der Waals surface area contributed by atoms with Crippen molar-refractivity contribution in [1.29, 1.82) is 0 Å². The van der Waals surface area contributed by atoms with Crippen LogP contribution in [0.4, 0.5) is 5.69 Å². The van der Waals surface area contributed by atoms with E-state index in [1.54, 1.807) is 31.2 Å². The molecule has 2 rings (SSSR count). The van der Waals surface area contributed by atoms with E-state index in [9.17, 15) is 14.4 Å². The van der Waals surface area contributed by atoms with Gasteiger partial charge in [-0.1, -0.05) is 17.7 Å². The standard InChI is InChI=1S/C15H15ClN2O4/c1-8-13(15(21)22-2)11(7-12(19)17-8)14(20)18-10-5-3-4-9(16)6-10/h3-6,11H,7H2,1-2H3,(H,17,19)(H,18,20)/t11-/m1/s1. The summed E-state index contributed by atoms with van der Waals surface area (Å²) in [6, 6.07) is 6.61. The number of carbonyl (C=O) groups excluding carboxylic acids is 3. The molecule has 0 fully saturated rings. The Balaban J connectivity index is 2.27. The van der Waals surface area contributed by atoms with Crippen molar-refractivity contribution in [3.63, 3.8) is 0 Å². The maximum Gasteiger partial charge on any atom is 0.336 e. The van der Waals surface area contributed by atoms with Gasteiger partial charge in [-0.05, 0) is 25.1 Å². The summed E-state index contributed by atoms with van der Waals surface area (Å²) < 4.78 is 4.70. The molecule has 1 aromatic rings. The number of hydrogen-bond donors (Lipinski definition) is 2. The average molecular weight is 323 g/mol. The van der Waals surface area contributed by atoms with Gasteiger partial charge in [-0.25, -0.2) is 4.79 Å². The molecule has 2 N–H and O–H groups in total. The highest BCUT2D eigenvalue weighted by Crippen LogP contribution is 2.26. The summed E-state index contributed by atoms with van der Waals surface area (Å²) in [4.78, 5) is 36.0. The normalized spacial score (nSPS) is 17.8. The zero-order chi connectivity index (χ0) is 16.3. The van der Waals surface area contributed by atoms with E-state index in [1.165, 1.54) is 7.11 Å². The predicted octanol–water partition coefficient (Wildman–Crippen LogP) is 1.86. The third-order valence-electron chi connectivity index (χ3n) is 3.28. The first-order valence-corrected chi connectivity index (χ1v) is 6.95. The molecule has 6 nitrogen and oxygen atoms in total. The van der Waals surface area contributed by atoms with Crippen molar-refractivity contribution >= 4 is 35.1 Å². The maximum atomic E-state index is 12.4. The molecule has 1 aliphatic rings. The van der Waals surface area contributed by atoms with Crippen LogP contribution in [0.15, 0.2) is 35.5 Å². The van der Waals surface area contributed by atoms with Crippen molar-refractivity contribution < 1.29 is 19.1 Å². The molecule has 0 saturated carbocycles. The predicted molar refractivity (Wildman–Crippen MR) is 81.0 cm³/mol. The van der Waals surface area contributed by atoms with Gasteiger partial charge in [-0.3, -0.25) is 9.59 Å².